The van der Waals surface area contributed by atoms with E-state index in [2.05, 4.69) is 17.4 Å². The average Bonchev–Trinajstić information content (AvgIpc) is 2.88. The first-order valence-electron chi connectivity index (χ1n) is 7.45. The van der Waals surface area contributed by atoms with Gasteiger partial charge in [0.1, 0.15) is 11.9 Å². The summed E-state index contributed by atoms with van der Waals surface area (Å²) in [6, 6.07) is 8.75. The van der Waals surface area contributed by atoms with Crippen LogP contribution in [0.4, 0.5) is 0 Å². The van der Waals surface area contributed by atoms with E-state index in [1.807, 2.05) is 12.1 Å². The van der Waals surface area contributed by atoms with Gasteiger partial charge in [0, 0.05) is 25.6 Å². The third kappa shape index (κ3) is 2.93. The van der Waals surface area contributed by atoms with Crippen molar-refractivity contribution in [2.75, 3.05) is 13.2 Å². The van der Waals surface area contributed by atoms with Gasteiger partial charge in [0.2, 0.25) is 0 Å². The maximum atomic E-state index is 9.42. The van der Waals surface area contributed by atoms with E-state index in [1.54, 1.807) is 0 Å². The van der Waals surface area contributed by atoms with Gasteiger partial charge >= 0.3 is 0 Å². The molecule has 0 saturated heterocycles. The molecule has 1 fully saturated rings. The lowest BCUT2D eigenvalue weighted by atomic mass is 9.85. The van der Waals surface area contributed by atoms with Crippen LogP contribution >= 0.6 is 0 Å². The second-order valence-corrected chi connectivity index (χ2v) is 5.79. The molecular weight excluding hydrogens is 238 g/mol. The maximum absolute atomic E-state index is 9.42. The summed E-state index contributed by atoms with van der Waals surface area (Å²) in [5.41, 5.74) is 1.32. The van der Waals surface area contributed by atoms with Gasteiger partial charge in [0.25, 0.3) is 0 Å². The van der Waals surface area contributed by atoms with E-state index in [-0.39, 0.29) is 6.10 Å². The molecule has 3 unspecified atom stereocenters. The minimum absolute atomic E-state index is 0.249. The summed E-state index contributed by atoms with van der Waals surface area (Å²) >= 11 is 0. The highest BCUT2D eigenvalue weighted by atomic mass is 16.5. The van der Waals surface area contributed by atoms with Crippen LogP contribution in [0.5, 0.6) is 5.75 Å². The zero-order valence-electron chi connectivity index (χ0n) is 11.3. The summed E-state index contributed by atoms with van der Waals surface area (Å²) < 4.78 is 5.94. The van der Waals surface area contributed by atoms with Crippen molar-refractivity contribution in [1.29, 1.82) is 0 Å². The van der Waals surface area contributed by atoms with Crippen LogP contribution in [0.25, 0.3) is 0 Å². The highest BCUT2D eigenvalue weighted by molar-refractivity contribution is 5.37. The maximum Gasteiger partial charge on any atom is 0.123 e. The minimum atomic E-state index is 0.249. The molecule has 1 heterocycles. The third-order valence-corrected chi connectivity index (χ3v) is 4.47. The van der Waals surface area contributed by atoms with Crippen LogP contribution in [0.3, 0.4) is 0 Å². The van der Waals surface area contributed by atoms with Gasteiger partial charge in [-0.25, -0.2) is 0 Å². The standard InChI is InChI=1S/C16H23NO2/c18-11-13-6-1-3-7-15(13)17-10-14-9-12-5-2-4-8-16(12)19-14/h2,4-5,8,13-15,17-18H,1,3,6-7,9-11H2. The zero-order valence-corrected chi connectivity index (χ0v) is 11.3. The second kappa shape index (κ2) is 5.93. The van der Waals surface area contributed by atoms with Crippen molar-refractivity contribution >= 4 is 0 Å². The highest BCUT2D eigenvalue weighted by Crippen LogP contribution is 2.28. The zero-order chi connectivity index (χ0) is 13.1. The smallest absolute Gasteiger partial charge is 0.123 e. The average molecular weight is 261 g/mol. The summed E-state index contributed by atoms with van der Waals surface area (Å²) in [6.07, 6.45) is 6.12. The summed E-state index contributed by atoms with van der Waals surface area (Å²) in [5.74, 6) is 1.47. The first kappa shape index (κ1) is 12.9. The molecule has 3 rings (SSSR count). The van der Waals surface area contributed by atoms with Crippen molar-refractivity contribution in [3.8, 4) is 5.75 Å². The minimum Gasteiger partial charge on any atom is -0.488 e. The predicted molar refractivity (Wildman–Crippen MR) is 75.4 cm³/mol. The molecular formula is C16H23NO2. The van der Waals surface area contributed by atoms with Crippen molar-refractivity contribution in [3.63, 3.8) is 0 Å². The van der Waals surface area contributed by atoms with Crippen LogP contribution < -0.4 is 10.1 Å². The normalized spacial score (nSPS) is 29.8. The number of para-hydroxylation sites is 1. The Morgan fingerprint density at radius 2 is 2.05 bits per heavy atom. The van der Waals surface area contributed by atoms with Crippen molar-refractivity contribution < 1.29 is 9.84 Å². The van der Waals surface area contributed by atoms with Crippen LogP contribution in [-0.2, 0) is 6.42 Å². The van der Waals surface area contributed by atoms with E-state index in [1.165, 1.54) is 24.8 Å². The van der Waals surface area contributed by atoms with Crippen LogP contribution in [-0.4, -0.2) is 30.4 Å². The predicted octanol–water partition coefficient (Wildman–Crippen LogP) is 2.13. The molecule has 0 radical (unpaired) electrons. The lowest BCUT2D eigenvalue weighted by molar-refractivity contribution is 0.140. The fraction of sp³-hybridized carbons (Fsp3) is 0.625. The van der Waals surface area contributed by atoms with Crippen molar-refractivity contribution in [2.24, 2.45) is 5.92 Å². The number of aliphatic hydroxyl groups excluding tert-OH is 1. The van der Waals surface area contributed by atoms with Gasteiger partial charge in [-0.3, -0.25) is 0 Å². The molecule has 2 aliphatic rings. The second-order valence-electron chi connectivity index (χ2n) is 5.79. The Labute approximate surface area is 115 Å². The van der Waals surface area contributed by atoms with Gasteiger partial charge in [-0.15, -0.1) is 0 Å². The van der Waals surface area contributed by atoms with Gasteiger partial charge in [-0.1, -0.05) is 31.0 Å². The van der Waals surface area contributed by atoms with E-state index in [0.29, 0.717) is 18.6 Å². The van der Waals surface area contributed by atoms with Crippen LogP contribution in [0.2, 0.25) is 0 Å². The first-order valence-corrected chi connectivity index (χ1v) is 7.45. The molecule has 0 aromatic heterocycles. The van der Waals surface area contributed by atoms with Gasteiger partial charge < -0.3 is 15.2 Å². The monoisotopic (exact) mass is 261 g/mol. The van der Waals surface area contributed by atoms with Crippen molar-refractivity contribution in [3.05, 3.63) is 29.8 Å². The topological polar surface area (TPSA) is 41.5 Å². The number of ether oxygens (including phenoxy) is 1. The molecule has 0 spiro atoms. The molecule has 3 atom stereocenters. The Morgan fingerprint density at radius 3 is 2.89 bits per heavy atom. The fourth-order valence-corrected chi connectivity index (χ4v) is 3.35. The SMILES string of the molecule is OCC1CCCCC1NCC1Cc2ccccc2O1. The molecule has 1 aromatic carbocycles. The Bertz CT molecular complexity index is 396. The van der Waals surface area contributed by atoms with E-state index >= 15 is 0 Å². The molecule has 104 valence electrons. The number of benzene rings is 1. The molecule has 0 bridgehead atoms. The van der Waals surface area contributed by atoms with E-state index in [9.17, 15) is 5.11 Å². The lowest BCUT2D eigenvalue weighted by Gasteiger charge is -2.31. The lowest BCUT2D eigenvalue weighted by Crippen LogP contribution is -2.44. The highest BCUT2D eigenvalue weighted by Gasteiger charge is 2.27. The fourth-order valence-electron chi connectivity index (χ4n) is 3.35. The number of aliphatic hydroxyl groups is 1. The molecule has 3 heteroatoms. The Balaban J connectivity index is 1.51. The Kier molecular flexibility index (Phi) is 4.04. The number of hydrogen-bond acceptors (Lipinski definition) is 3. The van der Waals surface area contributed by atoms with Crippen molar-refractivity contribution in [2.45, 2.75) is 44.2 Å². The molecule has 2 N–H and O–H groups in total. The van der Waals surface area contributed by atoms with E-state index in [4.69, 9.17) is 4.74 Å². The summed E-state index contributed by atoms with van der Waals surface area (Å²) in [4.78, 5) is 0. The van der Waals surface area contributed by atoms with Crippen LogP contribution in [0.1, 0.15) is 31.2 Å². The molecule has 1 saturated carbocycles. The van der Waals surface area contributed by atoms with Gasteiger partial charge in [-0.2, -0.15) is 0 Å². The number of rotatable bonds is 4. The van der Waals surface area contributed by atoms with E-state index < -0.39 is 0 Å². The van der Waals surface area contributed by atoms with E-state index in [0.717, 1.165) is 25.1 Å². The largest absolute Gasteiger partial charge is 0.488 e. The molecule has 1 aromatic rings. The quantitative estimate of drug-likeness (QED) is 0.872. The third-order valence-electron chi connectivity index (χ3n) is 4.47. The van der Waals surface area contributed by atoms with Crippen LogP contribution in [0.15, 0.2) is 24.3 Å². The number of fused-ring (bicyclic) bond motifs is 1. The summed E-state index contributed by atoms with van der Waals surface area (Å²) in [5, 5.41) is 13.0. The molecule has 0 amide bonds. The molecule has 1 aliphatic carbocycles. The Morgan fingerprint density at radius 1 is 1.21 bits per heavy atom. The van der Waals surface area contributed by atoms with Crippen LogP contribution in [0, 0.1) is 5.92 Å². The van der Waals surface area contributed by atoms with Gasteiger partial charge in [0.05, 0.1) is 0 Å². The molecule has 19 heavy (non-hydrogen) atoms. The van der Waals surface area contributed by atoms with Gasteiger partial charge in [-0.05, 0) is 30.4 Å². The Hall–Kier alpha value is -1.06. The van der Waals surface area contributed by atoms with Gasteiger partial charge in [0.15, 0.2) is 0 Å². The summed E-state index contributed by atoms with van der Waals surface area (Å²) in [7, 11) is 0. The number of hydrogen-bond donors (Lipinski definition) is 2. The van der Waals surface area contributed by atoms with Crippen molar-refractivity contribution in [1.82, 2.24) is 5.32 Å². The summed E-state index contributed by atoms with van der Waals surface area (Å²) in [6.45, 7) is 1.19. The first-order chi connectivity index (χ1) is 9.36. The number of nitrogens with one attached hydrogen (secondary N) is 1. The molecule has 1 aliphatic heterocycles. The molecule has 3 nitrogen and oxygen atoms in total.